The van der Waals surface area contributed by atoms with Crippen molar-refractivity contribution < 1.29 is 0 Å². The fraction of sp³-hybridized carbons (Fsp3) is 0.0714. The average Bonchev–Trinajstić information content (AvgIpc) is 3.00. The second-order valence-corrected chi connectivity index (χ2v) is 4.82. The highest BCUT2D eigenvalue weighted by atomic mass is 32.1. The van der Waals surface area contributed by atoms with E-state index < -0.39 is 0 Å². The molecule has 0 radical (unpaired) electrons. The first-order chi connectivity index (χ1) is 9.43. The molecule has 19 heavy (non-hydrogen) atoms. The van der Waals surface area contributed by atoms with Crippen molar-refractivity contribution >= 4 is 16.5 Å². The van der Waals surface area contributed by atoms with Gasteiger partial charge >= 0.3 is 0 Å². The first-order valence-electron chi connectivity index (χ1n) is 5.92. The van der Waals surface area contributed by atoms with Gasteiger partial charge in [-0.2, -0.15) is 0 Å². The summed E-state index contributed by atoms with van der Waals surface area (Å²) in [6.45, 7) is 0. The summed E-state index contributed by atoms with van der Waals surface area (Å²) < 4.78 is 0. The van der Waals surface area contributed by atoms with E-state index in [0.717, 1.165) is 16.4 Å². The summed E-state index contributed by atoms with van der Waals surface area (Å²) in [6, 6.07) is 16.1. The number of aromatic nitrogens is 3. The van der Waals surface area contributed by atoms with Gasteiger partial charge in [-0.15, -0.1) is 10.2 Å². The Morgan fingerprint density at radius 2 is 1.84 bits per heavy atom. The number of pyridine rings is 1. The zero-order valence-electron chi connectivity index (χ0n) is 10.1. The minimum absolute atomic E-state index is 0.0182. The summed E-state index contributed by atoms with van der Waals surface area (Å²) in [5.74, 6) is 0. The van der Waals surface area contributed by atoms with Crippen LogP contribution in [-0.2, 0) is 0 Å². The molecule has 0 aliphatic rings. The van der Waals surface area contributed by atoms with Crippen LogP contribution >= 0.6 is 11.3 Å². The van der Waals surface area contributed by atoms with Crippen LogP contribution in [-0.4, -0.2) is 15.2 Å². The Labute approximate surface area is 115 Å². The summed E-state index contributed by atoms with van der Waals surface area (Å²) in [6.07, 6.45) is 1.80. The summed E-state index contributed by atoms with van der Waals surface area (Å²) in [5.41, 5.74) is 3.82. The van der Waals surface area contributed by atoms with Gasteiger partial charge in [-0.1, -0.05) is 47.7 Å². The van der Waals surface area contributed by atoms with Crippen molar-refractivity contribution in [2.24, 2.45) is 0 Å². The largest absolute Gasteiger partial charge is 0.348 e. The SMILES string of the molecule is c1ccc(C(Nc2nncs2)c2ccccn2)cc1. The maximum Gasteiger partial charge on any atom is 0.206 e. The van der Waals surface area contributed by atoms with Crippen LogP contribution in [0.15, 0.2) is 60.2 Å². The lowest BCUT2D eigenvalue weighted by molar-refractivity contribution is 0.877. The number of nitrogens with one attached hydrogen (secondary N) is 1. The van der Waals surface area contributed by atoms with Crippen molar-refractivity contribution in [1.29, 1.82) is 0 Å². The smallest absolute Gasteiger partial charge is 0.206 e. The molecule has 1 aromatic carbocycles. The van der Waals surface area contributed by atoms with Gasteiger partial charge in [0.15, 0.2) is 0 Å². The van der Waals surface area contributed by atoms with Gasteiger partial charge in [0.1, 0.15) is 5.51 Å². The van der Waals surface area contributed by atoms with Gasteiger partial charge in [-0.3, -0.25) is 4.98 Å². The minimum Gasteiger partial charge on any atom is -0.348 e. The Morgan fingerprint density at radius 3 is 2.53 bits per heavy atom. The van der Waals surface area contributed by atoms with Gasteiger partial charge in [0.2, 0.25) is 5.13 Å². The Kier molecular flexibility index (Phi) is 3.47. The number of hydrogen-bond acceptors (Lipinski definition) is 5. The Hall–Kier alpha value is -2.27. The van der Waals surface area contributed by atoms with E-state index in [-0.39, 0.29) is 6.04 Å². The van der Waals surface area contributed by atoms with E-state index >= 15 is 0 Å². The molecule has 0 amide bonds. The predicted octanol–water partition coefficient (Wildman–Crippen LogP) is 3.13. The van der Waals surface area contributed by atoms with Crippen LogP contribution in [0.1, 0.15) is 17.3 Å². The Bertz CT molecular complexity index is 571. The van der Waals surface area contributed by atoms with Crippen molar-refractivity contribution in [3.8, 4) is 0 Å². The fourth-order valence-corrected chi connectivity index (χ4v) is 2.35. The predicted molar refractivity (Wildman–Crippen MR) is 76.1 cm³/mol. The maximum absolute atomic E-state index is 4.43. The molecule has 1 N–H and O–H groups in total. The Balaban J connectivity index is 1.96. The maximum atomic E-state index is 4.43. The standard InChI is InChI=1S/C14H12N4S/c1-2-6-11(7-3-1)13(12-8-4-5-9-15-12)17-14-18-16-10-19-14/h1-10,13H,(H,17,18). The molecule has 0 aliphatic carbocycles. The number of rotatable bonds is 4. The molecule has 0 saturated carbocycles. The van der Waals surface area contributed by atoms with Crippen LogP contribution in [0.3, 0.4) is 0 Å². The summed E-state index contributed by atoms with van der Waals surface area (Å²) >= 11 is 1.48. The highest BCUT2D eigenvalue weighted by Crippen LogP contribution is 2.25. The van der Waals surface area contributed by atoms with Crippen molar-refractivity contribution in [3.05, 3.63) is 71.5 Å². The molecule has 94 valence electrons. The normalized spacial score (nSPS) is 12.0. The molecule has 0 bridgehead atoms. The van der Waals surface area contributed by atoms with Crippen molar-refractivity contribution in [2.45, 2.75) is 6.04 Å². The van der Waals surface area contributed by atoms with E-state index in [4.69, 9.17) is 0 Å². The highest BCUT2D eigenvalue weighted by molar-refractivity contribution is 7.13. The van der Waals surface area contributed by atoms with Crippen molar-refractivity contribution in [2.75, 3.05) is 5.32 Å². The molecule has 2 heterocycles. The van der Waals surface area contributed by atoms with Crippen LogP contribution in [0.25, 0.3) is 0 Å². The lowest BCUT2D eigenvalue weighted by Crippen LogP contribution is -2.13. The van der Waals surface area contributed by atoms with Gasteiger partial charge in [0.25, 0.3) is 0 Å². The van der Waals surface area contributed by atoms with Crippen LogP contribution in [0.2, 0.25) is 0 Å². The molecule has 3 aromatic rings. The van der Waals surface area contributed by atoms with E-state index in [9.17, 15) is 0 Å². The number of benzene rings is 1. The molecule has 0 aliphatic heterocycles. The van der Waals surface area contributed by atoms with E-state index in [0.29, 0.717) is 0 Å². The third-order valence-electron chi connectivity index (χ3n) is 2.74. The molecule has 0 fully saturated rings. The molecular formula is C14H12N4S. The van der Waals surface area contributed by atoms with E-state index in [1.165, 1.54) is 11.3 Å². The monoisotopic (exact) mass is 268 g/mol. The molecule has 2 aromatic heterocycles. The van der Waals surface area contributed by atoms with Crippen molar-refractivity contribution in [1.82, 2.24) is 15.2 Å². The van der Waals surface area contributed by atoms with Crippen LogP contribution < -0.4 is 5.32 Å². The zero-order valence-corrected chi connectivity index (χ0v) is 10.9. The number of nitrogens with zero attached hydrogens (tertiary/aromatic N) is 3. The number of hydrogen-bond donors (Lipinski definition) is 1. The molecule has 1 atom stereocenters. The average molecular weight is 268 g/mol. The molecule has 5 heteroatoms. The second kappa shape index (κ2) is 5.58. The van der Waals surface area contributed by atoms with E-state index in [1.54, 1.807) is 11.7 Å². The fourth-order valence-electron chi connectivity index (χ4n) is 1.88. The van der Waals surface area contributed by atoms with Crippen molar-refractivity contribution in [3.63, 3.8) is 0 Å². The molecule has 1 unspecified atom stereocenters. The first kappa shape index (κ1) is 11.8. The summed E-state index contributed by atoms with van der Waals surface area (Å²) in [7, 11) is 0. The van der Waals surface area contributed by atoms with Gasteiger partial charge in [0.05, 0.1) is 11.7 Å². The number of anilines is 1. The van der Waals surface area contributed by atoms with Gasteiger partial charge in [0, 0.05) is 6.20 Å². The summed E-state index contributed by atoms with van der Waals surface area (Å²) in [4.78, 5) is 4.43. The summed E-state index contributed by atoms with van der Waals surface area (Å²) in [5, 5.41) is 12.1. The minimum atomic E-state index is -0.0182. The van der Waals surface area contributed by atoms with E-state index in [2.05, 4.69) is 32.6 Å². The topological polar surface area (TPSA) is 50.7 Å². The molecular weight excluding hydrogens is 256 g/mol. The second-order valence-electron chi connectivity index (χ2n) is 3.99. The van der Waals surface area contributed by atoms with Gasteiger partial charge in [-0.05, 0) is 17.7 Å². The molecule has 0 spiro atoms. The third-order valence-corrected chi connectivity index (χ3v) is 3.37. The zero-order chi connectivity index (χ0) is 12.9. The quantitative estimate of drug-likeness (QED) is 0.789. The molecule has 4 nitrogen and oxygen atoms in total. The van der Waals surface area contributed by atoms with Crippen LogP contribution in [0.4, 0.5) is 5.13 Å². The lowest BCUT2D eigenvalue weighted by atomic mass is 10.0. The van der Waals surface area contributed by atoms with Crippen LogP contribution in [0, 0.1) is 0 Å². The lowest BCUT2D eigenvalue weighted by Gasteiger charge is -2.17. The van der Waals surface area contributed by atoms with E-state index in [1.807, 2.05) is 36.4 Å². The van der Waals surface area contributed by atoms with Crippen LogP contribution in [0.5, 0.6) is 0 Å². The Morgan fingerprint density at radius 1 is 1.00 bits per heavy atom. The molecule has 0 saturated heterocycles. The van der Waals surface area contributed by atoms with Gasteiger partial charge in [-0.25, -0.2) is 0 Å². The van der Waals surface area contributed by atoms with Gasteiger partial charge < -0.3 is 5.32 Å². The molecule has 3 rings (SSSR count). The third kappa shape index (κ3) is 2.77. The highest BCUT2D eigenvalue weighted by Gasteiger charge is 2.15. The first-order valence-corrected chi connectivity index (χ1v) is 6.80.